The first kappa shape index (κ1) is 10.4. The Morgan fingerprint density at radius 2 is 2.33 bits per heavy atom. The number of carbonyl (C=O) groups excluding carboxylic acids is 1. The normalized spacial score (nSPS) is 24.1. The van der Waals surface area contributed by atoms with Gasteiger partial charge in [-0.05, 0) is 24.5 Å². The van der Waals surface area contributed by atoms with E-state index < -0.39 is 9.84 Å². The molecule has 82 valence electrons. The number of carbonyl (C=O) groups is 1. The molecule has 1 saturated heterocycles. The Hall–Kier alpha value is -1.10. The first-order valence-corrected chi connectivity index (χ1v) is 6.73. The highest BCUT2D eigenvalue weighted by atomic mass is 32.2. The highest BCUT2D eigenvalue weighted by molar-refractivity contribution is 7.91. The van der Waals surface area contributed by atoms with Crippen LogP contribution in [0.2, 0.25) is 0 Å². The molecule has 1 atom stereocenters. The largest absolute Gasteiger partial charge is 0.345 e. The van der Waals surface area contributed by atoms with E-state index in [2.05, 4.69) is 0 Å². The van der Waals surface area contributed by atoms with Crippen LogP contribution in [-0.4, -0.2) is 30.8 Å². The summed E-state index contributed by atoms with van der Waals surface area (Å²) in [5.74, 6) is 0.694. The Bertz CT molecular complexity index is 461. The molecule has 1 aliphatic heterocycles. The van der Waals surface area contributed by atoms with Crippen molar-refractivity contribution in [3.8, 4) is 0 Å². The predicted octanol–water partition coefficient (Wildman–Crippen LogP) is 0.735. The molecule has 0 bridgehead atoms. The van der Waals surface area contributed by atoms with Gasteiger partial charge >= 0.3 is 0 Å². The molecule has 0 amide bonds. The van der Waals surface area contributed by atoms with Gasteiger partial charge in [0, 0.05) is 12.7 Å². The molecule has 0 saturated carbocycles. The van der Waals surface area contributed by atoms with Gasteiger partial charge in [0.25, 0.3) is 0 Å². The number of aldehydes is 1. The van der Waals surface area contributed by atoms with Crippen LogP contribution in [0.15, 0.2) is 18.3 Å². The summed E-state index contributed by atoms with van der Waals surface area (Å²) in [6, 6.07) is 3.53. The van der Waals surface area contributed by atoms with Gasteiger partial charge in [-0.15, -0.1) is 0 Å². The van der Waals surface area contributed by atoms with Gasteiger partial charge in [0.05, 0.1) is 17.2 Å². The molecule has 1 aromatic rings. The smallest absolute Gasteiger partial charge is 0.166 e. The van der Waals surface area contributed by atoms with Gasteiger partial charge < -0.3 is 4.57 Å². The van der Waals surface area contributed by atoms with Crippen LogP contribution >= 0.6 is 0 Å². The van der Waals surface area contributed by atoms with Gasteiger partial charge in [-0.3, -0.25) is 4.79 Å². The quantitative estimate of drug-likeness (QED) is 0.715. The third-order valence-electron chi connectivity index (χ3n) is 2.77. The van der Waals surface area contributed by atoms with Gasteiger partial charge in [0.1, 0.15) is 0 Å². The summed E-state index contributed by atoms with van der Waals surface area (Å²) in [5, 5.41) is 0. The van der Waals surface area contributed by atoms with Crippen molar-refractivity contribution in [3.63, 3.8) is 0 Å². The first-order valence-electron chi connectivity index (χ1n) is 4.91. The molecule has 5 heteroatoms. The van der Waals surface area contributed by atoms with E-state index in [0.717, 1.165) is 6.29 Å². The Labute approximate surface area is 88.8 Å². The van der Waals surface area contributed by atoms with Crippen LogP contribution in [0.25, 0.3) is 0 Å². The highest BCUT2D eigenvalue weighted by Gasteiger charge is 2.28. The molecule has 0 N–H and O–H groups in total. The SMILES string of the molecule is O=Cc1cccn1CC1CCS(=O)(=O)C1. The Balaban J connectivity index is 2.07. The van der Waals surface area contributed by atoms with Gasteiger partial charge in [-0.1, -0.05) is 0 Å². The lowest BCUT2D eigenvalue weighted by Gasteiger charge is -2.10. The van der Waals surface area contributed by atoms with E-state index in [1.165, 1.54) is 0 Å². The van der Waals surface area contributed by atoms with E-state index in [-0.39, 0.29) is 17.4 Å². The average molecular weight is 227 g/mol. The molecule has 4 nitrogen and oxygen atoms in total. The molecule has 0 aromatic carbocycles. The summed E-state index contributed by atoms with van der Waals surface area (Å²) >= 11 is 0. The maximum atomic E-state index is 11.2. The molecule has 1 aliphatic rings. The van der Waals surface area contributed by atoms with E-state index >= 15 is 0 Å². The summed E-state index contributed by atoms with van der Waals surface area (Å²) in [6.45, 7) is 0.625. The van der Waals surface area contributed by atoms with E-state index in [1.807, 2.05) is 10.8 Å². The van der Waals surface area contributed by atoms with Crippen molar-refractivity contribution >= 4 is 16.1 Å². The lowest BCUT2D eigenvalue weighted by atomic mass is 10.1. The molecule has 1 unspecified atom stereocenters. The Morgan fingerprint density at radius 1 is 1.53 bits per heavy atom. The second-order valence-corrected chi connectivity index (χ2v) is 6.20. The van der Waals surface area contributed by atoms with Crippen molar-refractivity contribution in [3.05, 3.63) is 24.0 Å². The summed E-state index contributed by atoms with van der Waals surface area (Å²) < 4.78 is 24.3. The zero-order valence-corrected chi connectivity index (χ0v) is 9.11. The predicted molar refractivity (Wildman–Crippen MR) is 56.6 cm³/mol. The van der Waals surface area contributed by atoms with Crippen LogP contribution < -0.4 is 0 Å². The monoisotopic (exact) mass is 227 g/mol. The fourth-order valence-electron chi connectivity index (χ4n) is 1.99. The molecule has 0 radical (unpaired) electrons. The van der Waals surface area contributed by atoms with Crippen LogP contribution in [0.1, 0.15) is 16.9 Å². The second-order valence-electron chi connectivity index (χ2n) is 3.97. The minimum atomic E-state index is -2.82. The molecular formula is C10H13NO3S. The summed E-state index contributed by atoms with van der Waals surface area (Å²) in [7, 11) is -2.82. The second kappa shape index (κ2) is 3.81. The molecule has 15 heavy (non-hydrogen) atoms. The van der Waals surface area contributed by atoms with Crippen LogP contribution in [0, 0.1) is 5.92 Å². The molecular weight excluding hydrogens is 214 g/mol. The maximum Gasteiger partial charge on any atom is 0.166 e. The number of aromatic nitrogens is 1. The topological polar surface area (TPSA) is 56.1 Å². The molecule has 0 spiro atoms. The summed E-state index contributed by atoms with van der Waals surface area (Å²) in [6.07, 6.45) is 3.32. The third kappa shape index (κ3) is 2.28. The molecule has 1 aromatic heterocycles. The standard InChI is InChI=1S/C10H13NO3S/c12-7-10-2-1-4-11(10)6-9-3-5-15(13,14)8-9/h1-2,4,7,9H,3,5-6,8H2. The first-order chi connectivity index (χ1) is 7.11. The fourth-order valence-corrected chi connectivity index (χ4v) is 3.84. The molecule has 0 aliphatic carbocycles. The summed E-state index contributed by atoms with van der Waals surface area (Å²) in [5.41, 5.74) is 0.610. The fraction of sp³-hybridized carbons (Fsp3) is 0.500. The number of rotatable bonds is 3. The van der Waals surface area contributed by atoms with Crippen LogP contribution in [-0.2, 0) is 16.4 Å². The van der Waals surface area contributed by atoms with E-state index in [0.29, 0.717) is 18.7 Å². The van der Waals surface area contributed by atoms with E-state index in [4.69, 9.17) is 0 Å². The van der Waals surface area contributed by atoms with E-state index in [9.17, 15) is 13.2 Å². The zero-order valence-electron chi connectivity index (χ0n) is 8.30. The zero-order chi connectivity index (χ0) is 10.9. The van der Waals surface area contributed by atoms with Gasteiger partial charge in [0.15, 0.2) is 16.1 Å². The number of sulfone groups is 1. The maximum absolute atomic E-state index is 11.2. The lowest BCUT2D eigenvalue weighted by molar-refractivity contribution is 0.111. The van der Waals surface area contributed by atoms with Crippen molar-refractivity contribution in [1.82, 2.24) is 4.57 Å². The Kier molecular flexibility index (Phi) is 2.65. The minimum Gasteiger partial charge on any atom is -0.345 e. The van der Waals surface area contributed by atoms with Gasteiger partial charge in [-0.2, -0.15) is 0 Å². The third-order valence-corrected chi connectivity index (χ3v) is 4.60. The lowest BCUT2D eigenvalue weighted by Crippen LogP contribution is -2.13. The number of hydrogen-bond donors (Lipinski definition) is 0. The number of hydrogen-bond acceptors (Lipinski definition) is 3. The number of nitrogens with zero attached hydrogens (tertiary/aromatic N) is 1. The molecule has 2 rings (SSSR count). The Morgan fingerprint density at radius 3 is 2.93 bits per heavy atom. The van der Waals surface area contributed by atoms with Crippen molar-refractivity contribution < 1.29 is 13.2 Å². The van der Waals surface area contributed by atoms with Crippen LogP contribution in [0.5, 0.6) is 0 Å². The van der Waals surface area contributed by atoms with Crippen molar-refractivity contribution in [2.24, 2.45) is 5.92 Å². The van der Waals surface area contributed by atoms with Gasteiger partial charge in [0.2, 0.25) is 0 Å². The molecule has 1 fully saturated rings. The van der Waals surface area contributed by atoms with Gasteiger partial charge in [-0.25, -0.2) is 8.42 Å². The highest BCUT2D eigenvalue weighted by Crippen LogP contribution is 2.20. The molecule has 2 heterocycles. The van der Waals surface area contributed by atoms with Crippen molar-refractivity contribution in [2.45, 2.75) is 13.0 Å². The van der Waals surface area contributed by atoms with E-state index in [1.54, 1.807) is 12.1 Å². The average Bonchev–Trinajstić information content (AvgIpc) is 2.73. The minimum absolute atomic E-state index is 0.154. The van der Waals surface area contributed by atoms with Crippen LogP contribution in [0.3, 0.4) is 0 Å². The van der Waals surface area contributed by atoms with Crippen molar-refractivity contribution in [2.75, 3.05) is 11.5 Å². The summed E-state index contributed by atoms with van der Waals surface area (Å²) in [4.78, 5) is 10.7. The van der Waals surface area contributed by atoms with Crippen LogP contribution in [0.4, 0.5) is 0 Å². The van der Waals surface area contributed by atoms with Crippen molar-refractivity contribution in [1.29, 1.82) is 0 Å².